The summed E-state index contributed by atoms with van der Waals surface area (Å²) in [4.78, 5) is 15.0. The maximum absolute atomic E-state index is 6.81. The number of benzene rings is 10. The van der Waals surface area contributed by atoms with Crippen LogP contribution in [0.5, 0.6) is 0 Å². The van der Waals surface area contributed by atoms with E-state index in [1.807, 2.05) is 72.8 Å². The van der Waals surface area contributed by atoms with Crippen molar-refractivity contribution in [1.29, 1.82) is 0 Å². The van der Waals surface area contributed by atoms with Crippen LogP contribution >= 0.6 is 0 Å². The van der Waals surface area contributed by atoms with Crippen LogP contribution in [0.15, 0.2) is 239 Å². The molecule has 0 amide bonds. The van der Waals surface area contributed by atoms with Gasteiger partial charge in [-0.15, -0.1) is 0 Å². The van der Waals surface area contributed by atoms with Crippen LogP contribution in [-0.4, -0.2) is 19.5 Å². The number of rotatable bonds is 7. The lowest BCUT2D eigenvalue weighted by atomic mass is 9.93. The van der Waals surface area contributed by atoms with Crippen molar-refractivity contribution in [3.63, 3.8) is 0 Å². The van der Waals surface area contributed by atoms with E-state index < -0.39 is 0 Å². The van der Waals surface area contributed by atoms with Gasteiger partial charge in [0.05, 0.1) is 11.0 Å². The molecule has 0 bridgehead atoms. The van der Waals surface area contributed by atoms with Crippen molar-refractivity contribution in [3.8, 4) is 73.2 Å². The Balaban J connectivity index is 0.872. The molecule has 0 atom stereocenters. The van der Waals surface area contributed by atoms with Gasteiger partial charge in [0.25, 0.3) is 0 Å². The molecule has 4 heterocycles. The molecule has 6 heteroatoms. The van der Waals surface area contributed by atoms with E-state index in [0.29, 0.717) is 17.5 Å². The van der Waals surface area contributed by atoms with Crippen LogP contribution in [0.4, 0.5) is 0 Å². The van der Waals surface area contributed by atoms with Gasteiger partial charge >= 0.3 is 0 Å². The lowest BCUT2D eigenvalue weighted by molar-refractivity contribution is 0.668. The van der Waals surface area contributed by atoms with Crippen LogP contribution in [0.3, 0.4) is 0 Å². The van der Waals surface area contributed by atoms with E-state index in [2.05, 4.69) is 162 Å². The molecule has 14 aromatic rings. The van der Waals surface area contributed by atoms with Crippen molar-refractivity contribution in [2.45, 2.75) is 0 Å². The fourth-order valence-corrected chi connectivity index (χ4v) is 10.2. The minimum absolute atomic E-state index is 0.605. The summed E-state index contributed by atoms with van der Waals surface area (Å²) in [6, 6.07) is 80.4. The van der Waals surface area contributed by atoms with Crippen LogP contribution in [0.25, 0.3) is 139 Å². The zero-order chi connectivity index (χ0) is 45.4. The monoisotopic (exact) mass is 882 g/mol. The van der Waals surface area contributed by atoms with Gasteiger partial charge in [0, 0.05) is 60.3 Å². The number of hydrogen-bond donors (Lipinski definition) is 0. The highest BCUT2D eigenvalue weighted by atomic mass is 16.3. The highest BCUT2D eigenvalue weighted by Crippen LogP contribution is 2.44. The largest absolute Gasteiger partial charge is 0.456 e. The zero-order valence-electron chi connectivity index (χ0n) is 37.0. The molecule has 4 aromatic heterocycles. The van der Waals surface area contributed by atoms with Gasteiger partial charge in [0.15, 0.2) is 17.5 Å². The Morgan fingerprint density at radius 2 is 0.870 bits per heavy atom. The third-order valence-electron chi connectivity index (χ3n) is 13.5. The molecule has 0 unspecified atom stereocenters. The number of furan rings is 2. The first-order valence-corrected chi connectivity index (χ1v) is 23.2. The molecule has 69 heavy (non-hydrogen) atoms. The molecular formula is C63H38N4O2. The molecular weight excluding hydrogens is 845 g/mol. The quantitative estimate of drug-likeness (QED) is 0.159. The lowest BCUT2D eigenvalue weighted by Crippen LogP contribution is -2.00. The van der Waals surface area contributed by atoms with E-state index in [1.54, 1.807) is 0 Å². The number of nitrogens with zero attached hydrogens (tertiary/aromatic N) is 4. The molecule has 0 aliphatic rings. The van der Waals surface area contributed by atoms with E-state index >= 15 is 0 Å². The predicted molar refractivity (Wildman–Crippen MR) is 281 cm³/mol. The summed E-state index contributed by atoms with van der Waals surface area (Å²) in [5.74, 6) is 1.86. The van der Waals surface area contributed by atoms with Crippen molar-refractivity contribution in [1.82, 2.24) is 19.5 Å². The molecule has 10 aromatic carbocycles. The number of para-hydroxylation sites is 2. The number of hydrogen-bond acceptors (Lipinski definition) is 5. The average Bonchev–Trinajstić information content (AvgIpc) is 4.10. The van der Waals surface area contributed by atoms with Gasteiger partial charge in [-0.3, -0.25) is 0 Å². The normalized spacial score (nSPS) is 11.8. The molecule has 6 nitrogen and oxygen atoms in total. The second kappa shape index (κ2) is 15.6. The van der Waals surface area contributed by atoms with Gasteiger partial charge in [-0.25, -0.2) is 15.0 Å². The summed E-state index contributed by atoms with van der Waals surface area (Å²) >= 11 is 0. The minimum Gasteiger partial charge on any atom is -0.456 e. The summed E-state index contributed by atoms with van der Waals surface area (Å²) < 4.78 is 15.8. The molecule has 0 saturated heterocycles. The zero-order valence-corrected chi connectivity index (χ0v) is 37.0. The first-order chi connectivity index (χ1) is 34.2. The maximum Gasteiger partial charge on any atom is 0.164 e. The van der Waals surface area contributed by atoms with Crippen molar-refractivity contribution in [2.75, 3.05) is 0 Å². The van der Waals surface area contributed by atoms with Crippen LogP contribution in [0.1, 0.15) is 0 Å². The molecule has 14 rings (SSSR count). The summed E-state index contributed by atoms with van der Waals surface area (Å²) in [5, 5.41) is 6.66. The van der Waals surface area contributed by atoms with Gasteiger partial charge in [-0.1, -0.05) is 164 Å². The van der Waals surface area contributed by atoms with Gasteiger partial charge in [-0.2, -0.15) is 0 Å². The summed E-state index contributed by atoms with van der Waals surface area (Å²) in [6.45, 7) is 0. The number of aromatic nitrogens is 4. The molecule has 0 aliphatic carbocycles. The maximum atomic E-state index is 6.81. The first-order valence-electron chi connectivity index (χ1n) is 23.2. The fourth-order valence-electron chi connectivity index (χ4n) is 10.2. The molecule has 0 N–H and O–H groups in total. The van der Waals surface area contributed by atoms with Crippen molar-refractivity contribution >= 4 is 65.7 Å². The molecule has 0 saturated carbocycles. The van der Waals surface area contributed by atoms with Gasteiger partial charge in [-0.05, 0) is 94.5 Å². The van der Waals surface area contributed by atoms with Gasteiger partial charge in [0.2, 0.25) is 0 Å². The molecule has 322 valence electrons. The molecule has 0 spiro atoms. The van der Waals surface area contributed by atoms with E-state index in [0.717, 1.165) is 99.5 Å². The van der Waals surface area contributed by atoms with Gasteiger partial charge in [0.1, 0.15) is 22.3 Å². The topological polar surface area (TPSA) is 69.9 Å². The third kappa shape index (κ3) is 6.45. The van der Waals surface area contributed by atoms with Gasteiger partial charge < -0.3 is 13.4 Å². The highest BCUT2D eigenvalue weighted by Gasteiger charge is 2.21. The predicted octanol–water partition coefficient (Wildman–Crippen LogP) is 16.8. The Bertz CT molecular complexity index is 4250. The average molecular weight is 883 g/mol. The Morgan fingerprint density at radius 3 is 1.64 bits per heavy atom. The Kier molecular flexibility index (Phi) is 8.79. The molecule has 0 fully saturated rings. The smallest absolute Gasteiger partial charge is 0.164 e. The summed E-state index contributed by atoms with van der Waals surface area (Å²) in [6.07, 6.45) is 0. The van der Waals surface area contributed by atoms with Crippen LogP contribution < -0.4 is 0 Å². The fraction of sp³-hybridized carbons (Fsp3) is 0. The molecule has 0 radical (unpaired) electrons. The minimum atomic E-state index is 0.605. The standard InChI is InChI=1S/C63H38N4O2/c1-4-15-39(16-5-1)42-28-33-55-52(36-42)49-23-10-12-25-54(49)67(55)46-29-34-57-53(38-46)50-30-27-44(37-58(50)68-57)48-32-31-47(59-51-24-11-13-26-56(51)69-60(48)59)43-21-14-22-45(35-43)63-65-61(40-17-6-2-7-18-40)64-62(66-63)41-19-8-3-9-20-41/h1-38H. The number of fused-ring (bicyclic) bond motifs is 9. The van der Waals surface area contributed by atoms with E-state index in [1.165, 1.54) is 21.9 Å². The van der Waals surface area contributed by atoms with Crippen LogP contribution in [-0.2, 0) is 0 Å². The molecule has 0 aliphatic heterocycles. The Hall–Kier alpha value is -9.39. The van der Waals surface area contributed by atoms with Crippen LogP contribution in [0, 0.1) is 0 Å². The lowest BCUT2D eigenvalue weighted by Gasteiger charge is -2.11. The summed E-state index contributed by atoms with van der Waals surface area (Å²) in [5.41, 5.74) is 16.0. The second-order valence-electron chi connectivity index (χ2n) is 17.5. The summed E-state index contributed by atoms with van der Waals surface area (Å²) in [7, 11) is 0. The van der Waals surface area contributed by atoms with E-state index in [4.69, 9.17) is 23.8 Å². The van der Waals surface area contributed by atoms with Crippen molar-refractivity contribution in [3.05, 3.63) is 231 Å². The second-order valence-corrected chi connectivity index (χ2v) is 17.5. The highest BCUT2D eigenvalue weighted by molar-refractivity contribution is 6.17. The van der Waals surface area contributed by atoms with Crippen molar-refractivity contribution in [2.24, 2.45) is 0 Å². The van der Waals surface area contributed by atoms with Crippen molar-refractivity contribution < 1.29 is 8.83 Å². The Labute approximate surface area is 396 Å². The first kappa shape index (κ1) is 38.8. The van der Waals surface area contributed by atoms with Crippen LogP contribution in [0.2, 0.25) is 0 Å². The Morgan fingerprint density at radius 1 is 0.290 bits per heavy atom. The SMILES string of the molecule is c1ccc(-c2ccc3c(c2)c2ccccc2n3-c2ccc3oc4cc(-c5ccc(-c6cccc(-c7nc(-c8ccccc8)nc(-c8ccccc8)n7)c6)c6c5oc5ccccc56)ccc4c3c2)cc1. The van der Waals surface area contributed by atoms with E-state index in [9.17, 15) is 0 Å². The van der Waals surface area contributed by atoms with E-state index in [-0.39, 0.29) is 0 Å². The third-order valence-corrected chi connectivity index (χ3v) is 13.5.